The van der Waals surface area contributed by atoms with Gasteiger partial charge in [0.05, 0.1) is 32.0 Å². The van der Waals surface area contributed by atoms with Gasteiger partial charge < -0.3 is 34.9 Å². The van der Waals surface area contributed by atoms with Gasteiger partial charge >= 0.3 is 29.9 Å². The number of carbonyl (C=O) groups is 6. The van der Waals surface area contributed by atoms with Crippen LogP contribution < -0.4 is 16.0 Å². The molecule has 0 radical (unpaired) electrons. The molecule has 0 heterocycles. The molecular weight excluding hydrogens is 490 g/mol. The molecule has 1 aromatic carbocycles. The van der Waals surface area contributed by atoms with E-state index < -0.39 is 41.6 Å². The molecule has 0 fully saturated rings. The Hall–Kier alpha value is -4.16. The molecule has 0 bridgehead atoms. The predicted molar refractivity (Wildman–Crippen MR) is 132 cm³/mol. The van der Waals surface area contributed by atoms with Crippen LogP contribution in [0, 0.1) is 0 Å². The zero-order valence-corrected chi connectivity index (χ0v) is 22.3. The number of anilines is 1. The fourth-order valence-corrected chi connectivity index (χ4v) is 2.45. The van der Waals surface area contributed by atoms with Crippen LogP contribution in [0.2, 0.25) is 0 Å². The Balaban J connectivity index is 0.000000724. The van der Waals surface area contributed by atoms with Crippen LogP contribution in [0.1, 0.15) is 55.3 Å². The number of ether oxygens (including phenoxy) is 4. The minimum atomic E-state index is -1.04. The smallest absolute Gasteiger partial charge is 0.408 e. The number of esters is 3. The zero-order chi connectivity index (χ0) is 28.8. The van der Waals surface area contributed by atoms with Gasteiger partial charge in [-0.1, -0.05) is 0 Å². The van der Waals surface area contributed by atoms with Crippen molar-refractivity contribution >= 4 is 41.4 Å². The summed E-state index contributed by atoms with van der Waals surface area (Å²) in [5.74, 6) is -3.40. The van der Waals surface area contributed by atoms with Crippen LogP contribution in [0.4, 0.5) is 10.5 Å². The second-order valence-corrected chi connectivity index (χ2v) is 8.27. The van der Waals surface area contributed by atoms with Crippen LogP contribution in [0.15, 0.2) is 18.2 Å². The molecule has 2 amide bonds. The van der Waals surface area contributed by atoms with Crippen molar-refractivity contribution in [3.8, 4) is 0 Å². The number of methoxy groups -OCH3 is 2. The average molecular weight is 526 g/mol. The van der Waals surface area contributed by atoms with Crippen molar-refractivity contribution in [2.24, 2.45) is 0 Å². The van der Waals surface area contributed by atoms with E-state index in [1.165, 1.54) is 27.2 Å². The standard InChI is InChI=1S/C13H22N2O6.C11H13NO4/c1-6-20-11(18)10(17)14-7-9(8(2)16)15-12(19)21-13(3,4)5;1-12-9-5-7(10(13)15-2)4-8(6-9)11(14)16-3/h9H,6-7H2,1-5H3,(H,14,17)(H,15,19);4-6,12H,1-3H3/t9-;/m0./s1. The van der Waals surface area contributed by atoms with Crippen molar-refractivity contribution in [3.05, 3.63) is 29.3 Å². The molecule has 1 atom stereocenters. The maximum Gasteiger partial charge on any atom is 0.408 e. The lowest BCUT2D eigenvalue weighted by atomic mass is 10.1. The van der Waals surface area contributed by atoms with Gasteiger partial charge in [-0.25, -0.2) is 19.2 Å². The fourth-order valence-electron chi connectivity index (χ4n) is 2.45. The number of hydrogen-bond acceptors (Lipinski definition) is 11. The first kappa shape index (κ1) is 32.8. The van der Waals surface area contributed by atoms with Gasteiger partial charge in [0.2, 0.25) is 0 Å². The highest BCUT2D eigenvalue weighted by atomic mass is 16.6. The summed E-state index contributed by atoms with van der Waals surface area (Å²) in [6, 6.07) is 3.63. The molecular formula is C24H35N3O10. The number of carbonyl (C=O) groups excluding carboxylic acids is 6. The topological polar surface area (TPSA) is 175 Å². The Morgan fingerprint density at radius 2 is 1.43 bits per heavy atom. The Kier molecular flexibility index (Phi) is 14.0. The summed E-state index contributed by atoms with van der Waals surface area (Å²) < 4.78 is 18.7. The molecule has 13 heteroatoms. The molecule has 0 unspecified atom stereocenters. The molecule has 0 aliphatic heterocycles. The maximum atomic E-state index is 11.6. The summed E-state index contributed by atoms with van der Waals surface area (Å²) in [5, 5.41) is 7.38. The molecule has 0 aliphatic rings. The van der Waals surface area contributed by atoms with E-state index in [-0.39, 0.29) is 18.9 Å². The predicted octanol–water partition coefficient (Wildman–Crippen LogP) is 1.45. The summed E-state index contributed by atoms with van der Waals surface area (Å²) in [4.78, 5) is 68.1. The molecule has 1 aromatic rings. The highest BCUT2D eigenvalue weighted by Crippen LogP contribution is 2.16. The molecule has 37 heavy (non-hydrogen) atoms. The van der Waals surface area contributed by atoms with Gasteiger partial charge in [-0.3, -0.25) is 9.59 Å². The van der Waals surface area contributed by atoms with Crippen molar-refractivity contribution in [1.82, 2.24) is 10.6 Å². The van der Waals surface area contributed by atoms with Crippen molar-refractivity contribution in [2.45, 2.75) is 46.3 Å². The largest absolute Gasteiger partial charge is 0.465 e. The van der Waals surface area contributed by atoms with Gasteiger partial charge in [0.15, 0.2) is 5.78 Å². The second-order valence-electron chi connectivity index (χ2n) is 8.27. The van der Waals surface area contributed by atoms with Gasteiger partial charge in [-0.05, 0) is 52.8 Å². The van der Waals surface area contributed by atoms with E-state index in [9.17, 15) is 28.8 Å². The Bertz CT molecular complexity index is 951. The third-order valence-corrected chi connectivity index (χ3v) is 4.17. The molecule has 13 nitrogen and oxygen atoms in total. The maximum absolute atomic E-state index is 11.6. The van der Waals surface area contributed by atoms with Gasteiger partial charge in [0.1, 0.15) is 11.6 Å². The van der Waals surface area contributed by atoms with Gasteiger partial charge in [0.25, 0.3) is 0 Å². The first-order valence-corrected chi connectivity index (χ1v) is 11.1. The minimum Gasteiger partial charge on any atom is -0.465 e. The highest BCUT2D eigenvalue weighted by molar-refractivity contribution is 6.32. The lowest BCUT2D eigenvalue weighted by Crippen LogP contribution is -2.50. The van der Waals surface area contributed by atoms with E-state index in [4.69, 9.17) is 4.74 Å². The molecule has 206 valence electrons. The SMILES string of the molecule is CCOC(=O)C(=O)NC[C@H](NC(=O)OC(C)(C)C)C(C)=O.CNc1cc(C(=O)OC)cc(C(=O)OC)c1. The van der Waals surface area contributed by atoms with E-state index in [1.807, 2.05) is 0 Å². The number of hydrogen-bond donors (Lipinski definition) is 3. The number of nitrogens with one attached hydrogen (secondary N) is 3. The molecule has 1 rings (SSSR count). The van der Waals surface area contributed by atoms with Gasteiger partial charge in [0, 0.05) is 19.3 Å². The number of benzene rings is 1. The lowest BCUT2D eigenvalue weighted by molar-refractivity contribution is -0.154. The normalized spacial score (nSPS) is 10.9. The van der Waals surface area contributed by atoms with Crippen LogP contribution in [0.25, 0.3) is 0 Å². The fraction of sp³-hybridized carbons (Fsp3) is 0.500. The molecule has 0 aromatic heterocycles. The van der Waals surface area contributed by atoms with Crippen LogP contribution in [-0.4, -0.2) is 81.8 Å². The third-order valence-electron chi connectivity index (χ3n) is 4.17. The van der Waals surface area contributed by atoms with E-state index in [0.717, 1.165) is 0 Å². The molecule has 0 aliphatic carbocycles. The third kappa shape index (κ3) is 12.9. The summed E-state index contributed by atoms with van der Waals surface area (Å²) in [7, 11) is 4.26. The Labute approximate surface area is 215 Å². The van der Waals surface area contributed by atoms with Crippen molar-refractivity contribution in [3.63, 3.8) is 0 Å². The van der Waals surface area contributed by atoms with E-state index >= 15 is 0 Å². The minimum absolute atomic E-state index is 0.0680. The average Bonchev–Trinajstić information content (AvgIpc) is 2.84. The quantitative estimate of drug-likeness (QED) is 0.254. The molecule has 3 N–H and O–H groups in total. The van der Waals surface area contributed by atoms with E-state index in [0.29, 0.717) is 16.8 Å². The van der Waals surface area contributed by atoms with Crippen LogP contribution >= 0.6 is 0 Å². The zero-order valence-electron chi connectivity index (χ0n) is 22.3. The Morgan fingerprint density at radius 3 is 1.81 bits per heavy atom. The molecule has 0 spiro atoms. The first-order chi connectivity index (χ1) is 17.2. The summed E-state index contributed by atoms with van der Waals surface area (Å²) in [6.45, 7) is 7.69. The summed E-state index contributed by atoms with van der Waals surface area (Å²) >= 11 is 0. The number of rotatable bonds is 8. The van der Waals surface area contributed by atoms with Crippen LogP contribution in [0.5, 0.6) is 0 Å². The van der Waals surface area contributed by atoms with E-state index in [2.05, 4.69) is 30.2 Å². The summed E-state index contributed by atoms with van der Waals surface area (Å²) in [5.41, 5.74) is 0.535. The second kappa shape index (κ2) is 15.8. The summed E-state index contributed by atoms with van der Waals surface area (Å²) in [6.07, 6.45) is -0.784. The monoisotopic (exact) mass is 525 g/mol. The number of ketones is 1. The van der Waals surface area contributed by atoms with Crippen LogP contribution in [-0.2, 0) is 33.3 Å². The van der Waals surface area contributed by atoms with Crippen molar-refractivity contribution < 1.29 is 47.7 Å². The van der Waals surface area contributed by atoms with Crippen molar-refractivity contribution in [2.75, 3.05) is 39.7 Å². The molecule has 0 saturated heterocycles. The Morgan fingerprint density at radius 1 is 0.919 bits per heavy atom. The number of alkyl carbamates (subject to hydrolysis) is 1. The van der Waals surface area contributed by atoms with E-state index in [1.54, 1.807) is 46.9 Å². The number of Topliss-reactive ketones (excluding diaryl/α,β-unsaturated/α-hetero) is 1. The van der Waals surface area contributed by atoms with Gasteiger partial charge in [-0.2, -0.15) is 0 Å². The first-order valence-electron chi connectivity index (χ1n) is 11.1. The van der Waals surface area contributed by atoms with Crippen molar-refractivity contribution in [1.29, 1.82) is 0 Å². The van der Waals surface area contributed by atoms with Gasteiger partial charge in [-0.15, -0.1) is 0 Å². The lowest BCUT2D eigenvalue weighted by Gasteiger charge is -2.22. The highest BCUT2D eigenvalue weighted by Gasteiger charge is 2.24. The molecule has 0 saturated carbocycles. The number of amides is 2. The van der Waals surface area contributed by atoms with Crippen LogP contribution in [0.3, 0.4) is 0 Å².